The fourth-order valence-corrected chi connectivity index (χ4v) is 5.57. The second-order valence-electron chi connectivity index (χ2n) is 8.34. The quantitative estimate of drug-likeness (QED) is 0.421. The second kappa shape index (κ2) is 9.44. The van der Waals surface area contributed by atoms with Gasteiger partial charge < -0.3 is 10.6 Å². The number of nitrogens with zero attached hydrogens (tertiary/aromatic N) is 1. The van der Waals surface area contributed by atoms with Gasteiger partial charge in [-0.25, -0.2) is 0 Å². The van der Waals surface area contributed by atoms with Gasteiger partial charge in [0.15, 0.2) is 0 Å². The fourth-order valence-electron chi connectivity index (χ4n) is 4.33. The van der Waals surface area contributed by atoms with Gasteiger partial charge in [0.1, 0.15) is 0 Å². The van der Waals surface area contributed by atoms with Crippen molar-refractivity contribution >= 4 is 44.8 Å². The predicted molar refractivity (Wildman–Crippen MR) is 135 cm³/mol. The summed E-state index contributed by atoms with van der Waals surface area (Å²) in [6.45, 7) is 0. The molecule has 0 saturated heterocycles. The number of aromatic nitrogens is 1. The zero-order valence-corrected chi connectivity index (χ0v) is 19.7. The molecule has 0 radical (unpaired) electrons. The van der Waals surface area contributed by atoms with E-state index in [1.807, 2.05) is 24.3 Å². The fraction of sp³-hybridized carbons (Fsp3) is 0.192. The molecule has 1 aliphatic carbocycles. The van der Waals surface area contributed by atoms with Crippen LogP contribution in [0.4, 0.5) is 0 Å². The van der Waals surface area contributed by atoms with Crippen molar-refractivity contribution in [2.24, 2.45) is 0 Å². The Morgan fingerprint density at radius 1 is 0.912 bits per heavy atom. The van der Waals surface area contributed by atoms with Crippen LogP contribution in [0.25, 0.3) is 15.8 Å². The minimum Gasteiger partial charge on any atom is -0.347 e. The molecule has 34 heavy (non-hydrogen) atoms. The smallest absolute Gasteiger partial charge is 0.261 e. The summed E-state index contributed by atoms with van der Waals surface area (Å²) in [5.41, 5.74) is 1.06. The van der Waals surface area contributed by atoms with Crippen LogP contribution in [0.2, 0.25) is 5.02 Å². The molecule has 2 N–H and O–H groups in total. The molecule has 1 aliphatic rings. The van der Waals surface area contributed by atoms with Crippen LogP contribution in [-0.4, -0.2) is 28.5 Å². The van der Waals surface area contributed by atoms with Gasteiger partial charge in [-0.2, -0.15) is 0 Å². The minimum absolute atomic E-state index is 0.132. The molecule has 2 aromatic heterocycles. The number of amides is 2. The van der Waals surface area contributed by atoms with E-state index < -0.39 is 0 Å². The normalized spacial score (nSPS) is 17.6. The summed E-state index contributed by atoms with van der Waals surface area (Å²) in [5.74, 6) is -0.337. The number of fused-ring (bicyclic) bond motifs is 1. The first-order valence-corrected chi connectivity index (χ1v) is 12.3. The van der Waals surface area contributed by atoms with Crippen molar-refractivity contribution in [3.8, 4) is 5.69 Å². The molecule has 2 amide bonds. The van der Waals surface area contributed by atoms with Crippen molar-refractivity contribution in [2.75, 3.05) is 0 Å². The molecular formula is C26H22ClN3O3S. The van der Waals surface area contributed by atoms with Crippen molar-refractivity contribution in [3.05, 3.63) is 98.7 Å². The molecule has 172 valence electrons. The molecule has 2 atom stereocenters. The SMILES string of the molecule is O=C(NC1CCCC1NC(=O)c1cc2ccc(Cl)cc2s1)c1ccc(-n2ccccc2=O)cc1. The second-order valence-corrected chi connectivity index (χ2v) is 9.86. The van der Waals surface area contributed by atoms with Crippen LogP contribution in [0.3, 0.4) is 0 Å². The Labute approximate surface area is 205 Å². The van der Waals surface area contributed by atoms with Crippen molar-refractivity contribution in [1.82, 2.24) is 15.2 Å². The molecule has 0 bridgehead atoms. The monoisotopic (exact) mass is 491 g/mol. The number of thiophene rings is 1. The maximum absolute atomic E-state index is 12.9. The van der Waals surface area contributed by atoms with Gasteiger partial charge in [0, 0.05) is 45.3 Å². The van der Waals surface area contributed by atoms with Gasteiger partial charge in [0.2, 0.25) is 0 Å². The molecule has 2 unspecified atom stereocenters. The van der Waals surface area contributed by atoms with Crippen LogP contribution in [0.15, 0.2) is 77.7 Å². The summed E-state index contributed by atoms with van der Waals surface area (Å²) >= 11 is 7.47. The molecule has 2 heterocycles. The van der Waals surface area contributed by atoms with Crippen molar-refractivity contribution in [1.29, 1.82) is 0 Å². The molecule has 1 fully saturated rings. The van der Waals surface area contributed by atoms with Crippen LogP contribution in [0.1, 0.15) is 39.3 Å². The lowest BCUT2D eigenvalue weighted by Crippen LogP contribution is -2.48. The number of benzene rings is 2. The number of hydrogen-bond donors (Lipinski definition) is 2. The van der Waals surface area contributed by atoms with Gasteiger partial charge in [-0.1, -0.05) is 23.7 Å². The Morgan fingerprint density at radius 3 is 2.38 bits per heavy atom. The topological polar surface area (TPSA) is 80.2 Å². The first-order valence-electron chi connectivity index (χ1n) is 11.1. The average molecular weight is 492 g/mol. The highest BCUT2D eigenvalue weighted by Crippen LogP contribution is 2.29. The highest BCUT2D eigenvalue weighted by molar-refractivity contribution is 7.20. The number of halogens is 1. The van der Waals surface area contributed by atoms with Crippen LogP contribution in [-0.2, 0) is 0 Å². The molecule has 6 nitrogen and oxygen atoms in total. The average Bonchev–Trinajstić information content (AvgIpc) is 3.46. The zero-order valence-electron chi connectivity index (χ0n) is 18.2. The molecular weight excluding hydrogens is 470 g/mol. The lowest BCUT2D eigenvalue weighted by atomic mass is 10.1. The van der Waals surface area contributed by atoms with Crippen molar-refractivity contribution in [3.63, 3.8) is 0 Å². The van der Waals surface area contributed by atoms with E-state index in [-0.39, 0.29) is 29.5 Å². The Morgan fingerprint density at radius 2 is 1.65 bits per heavy atom. The summed E-state index contributed by atoms with van der Waals surface area (Å²) < 4.78 is 2.49. The summed E-state index contributed by atoms with van der Waals surface area (Å²) in [7, 11) is 0. The maximum atomic E-state index is 12.9. The van der Waals surface area contributed by atoms with Gasteiger partial charge in [0.05, 0.1) is 4.88 Å². The minimum atomic E-state index is -0.199. The number of nitrogens with one attached hydrogen (secondary N) is 2. The lowest BCUT2D eigenvalue weighted by Gasteiger charge is -2.22. The Bertz CT molecular complexity index is 1430. The molecule has 2 aromatic carbocycles. The highest BCUT2D eigenvalue weighted by Gasteiger charge is 2.30. The van der Waals surface area contributed by atoms with Crippen molar-refractivity contribution < 1.29 is 9.59 Å². The number of carbonyl (C=O) groups excluding carboxylic acids is 2. The third-order valence-electron chi connectivity index (χ3n) is 6.08. The molecule has 0 spiro atoms. The molecule has 0 aliphatic heterocycles. The number of hydrogen-bond acceptors (Lipinski definition) is 4. The number of carbonyl (C=O) groups is 2. The number of rotatable bonds is 5. The van der Waals surface area contributed by atoms with E-state index in [0.717, 1.165) is 29.3 Å². The van der Waals surface area contributed by atoms with Crippen LogP contribution in [0.5, 0.6) is 0 Å². The Hall–Kier alpha value is -3.42. The summed E-state index contributed by atoms with van der Waals surface area (Å²) in [6.07, 6.45) is 4.22. The summed E-state index contributed by atoms with van der Waals surface area (Å²) in [5, 5.41) is 7.80. The van der Waals surface area contributed by atoms with E-state index in [1.54, 1.807) is 42.6 Å². The van der Waals surface area contributed by atoms with E-state index >= 15 is 0 Å². The highest BCUT2D eigenvalue weighted by atomic mass is 35.5. The molecule has 8 heteroatoms. The van der Waals surface area contributed by atoms with Crippen molar-refractivity contribution in [2.45, 2.75) is 31.3 Å². The third kappa shape index (κ3) is 4.62. The lowest BCUT2D eigenvalue weighted by molar-refractivity contribution is 0.0894. The van der Waals surface area contributed by atoms with E-state index in [1.165, 1.54) is 22.0 Å². The summed E-state index contributed by atoms with van der Waals surface area (Å²) in [6, 6.07) is 19.0. The number of pyridine rings is 1. The van der Waals surface area contributed by atoms with Gasteiger partial charge in [-0.3, -0.25) is 19.0 Å². The van der Waals surface area contributed by atoms with E-state index in [0.29, 0.717) is 21.2 Å². The maximum Gasteiger partial charge on any atom is 0.261 e. The molecule has 1 saturated carbocycles. The van der Waals surface area contributed by atoms with Crippen LogP contribution in [0, 0.1) is 0 Å². The van der Waals surface area contributed by atoms with Gasteiger partial charge in [0.25, 0.3) is 17.4 Å². The molecule has 4 aromatic rings. The van der Waals surface area contributed by atoms with E-state index in [2.05, 4.69) is 10.6 Å². The van der Waals surface area contributed by atoms with Gasteiger partial charge in [-0.15, -0.1) is 11.3 Å². The van der Waals surface area contributed by atoms with E-state index in [9.17, 15) is 14.4 Å². The standard InChI is InChI=1S/C26H22ClN3O3S/c27-18-10-7-17-14-23(34-22(17)15-18)26(33)29-21-5-3-4-20(21)28-25(32)16-8-11-19(12-9-16)30-13-2-1-6-24(30)31/h1-2,6-15,20-21H,3-5H2,(H,28,32)(H,29,33). The summed E-state index contributed by atoms with van der Waals surface area (Å²) in [4.78, 5) is 38.4. The zero-order chi connectivity index (χ0) is 23.7. The Balaban J connectivity index is 1.25. The first kappa shape index (κ1) is 22.4. The molecule has 5 rings (SSSR count). The van der Waals surface area contributed by atoms with Crippen LogP contribution < -0.4 is 16.2 Å². The predicted octanol–water partition coefficient (Wildman–Crippen LogP) is 4.79. The van der Waals surface area contributed by atoms with E-state index in [4.69, 9.17) is 11.6 Å². The largest absolute Gasteiger partial charge is 0.347 e. The van der Waals surface area contributed by atoms with Crippen LogP contribution >= 0.6 is 22.9 Å². The van der Waals surface area contributed by atoms with Gasteiger partial charge >= 0.3 is 0 Å². The first-order chi connectivity index (χ1) is 16.5. The third-order valence-corrected chi connectivity index (χ3v) is 7.42. The van der Waals surface area contributed by atoms with Gasteiger partial charge in [-0.05, 0) is 73.2 Å². The Kier molecular flexibility index (Phi) is 6.22.